The normalized spacial score (nSPS) is 22.7. The van der Waals surface area contributed by atoms with E-state index >= 15 is 0 Å². The van der Waals surface area contributed by atoms with Gasteiger partial charge in [-0.2, -0.15) is 0 Å². The number of hydrogen-bond acceptors (Lipinski definition) is 5. The average Bonchev–Trinajstić information content (AvgIpc) is 2.84. The lowest BCUT2D eigenvalue weighted by atomic mass is 9.84. The summed E-state index contributed by atoms with van der Waals surface area (Å²) < 4.78 is 6.40. The minimum Gasteiger partial charge on any atom is -0.486 e. The van der Waals surface area contributed by atoms with Crippen LogP contribution in [0.3, 0.4) is 0 Å². The van der Waals surface area contributed by atoms with Crippen molar-refractivity contribution in [3.63, 3.8) is 0 Å². The van der Waals surface area contributed by atoms with Crippen LogP contribution in [-0.4, -0.2) is 34.4 Å². The molecule has 0 saturated carbocycles. The minimum atomic E-state index is -0.380. The van der Waals surface area contributed by atoms with Crippen molar-refractivity contribution in [3.05, 3.63) is 47.4 Å². The van der Waals surface area contributed by atoms with E-state index in [1.54, 1.807) is 0 Å². The Kier molecular flexibility index (Phi) is 4.39. The molecule has 26 heavy (non-hydrogen) atoms. The van der Waals surface area contributed by atoms with E-state index in [1.807, 2.05) is 37.4 Å². The second-order valence-corrected chi connectivity index (χ2v) is 7.34. The zero-order valence-corrected chi connectivity index (χ0v) is 15.5. The number of ketones is 1. The molecule has 1 fully saturated rings. The van der Waals surface area contributed by atoms with Crippen LogP contribution in [0.5, 0.6) is 5.75 Å². The highest BCUT2D eigenvalue weighted by Gasteiger charge is 2.41. The topological polar surface area (TPSA) is 55.3 Å². The fourth-order valence-electron chi connectivity index (χ4n) is 4.11. The molecule has 3 heterocycles. The van der Waals surface area contributed by atoms with Gasteiger partial charge < -0.3 is 9.64 Å². The summed E-state index contributed by atoms with van der Waals surface area (Å²) in [6, 6.07) is 7.62. The molecule has 0 aliphatic carbocycles. The van der Waals surface area contributed by atoms with E-state index in [4.69, 9.17) is 9.72 Å². The number of anilines is 1. The first-order chi connectivity index (χ1) is 12.6. The van der Waals surface area contributed by atoms with E-state index in [2.05, 4.69) is 16.8 Å². The summed E-state index contributed by atoms with van der Waals surface area (Å²) in [5, 5.41) is 0. The average molecular weight is 351 g/mol. The van der Waals surface area contributed by atoms with Gasteiger partial charge in [-0.1, -0.05) is 19.1 Å². The van der Waals surface area contributed by atoms with Crippen LogP contribution in [0.25, 0.3) is 0 Å². The number of aryl methyl sites for hydroxylation is 2. The molecule has 0 radical (unpaired) electrons. The summed E-state index contributed by atoms with van der Waals surface area (Å²) in [6.45, 7) is 5.85. The standard InChI is InChI=1S/C21H25N3O2/c1-3-16-14-22-15(2)23-20(16)24-11-6-9-21(10-12-24)13-18(25)17-7-4-5-8-19(17)26-21/h4-5,7-8,14H,3,6,9-13H2,1-2H3. The fraction of sp³-hybridized carbons (Fsp3) is 0.476. The van der Waals surface area contributed by atoms with Gasteiger partial charge in [0.1, 0.15) is 23.0 Å². The highest BCUT2D eigenvalue weighted by molar-refractivity contribution is 6.00. The Morgan fingerprint density at radius 2 is 2.08 bits per heavy atom. The molecule has 4 rings (SSSR count). The fourth-order valence-corrected chi connectivity index (χ4v) is 4.11. The number of carbonyl (C=O) groups is 1. The molecular weight excluding hydrogens is 326 g/mol. The molecule has 5 heteroatoms. The van der Waals surface area contributed by atoms with Gasteiger partial charge in [-0.05, 0) is 38.3 Å². The first kappa shape index (κ1) is 17.0. The number of carbonyl (C=O) groups excluding carboxylic acids is 1. The molecule has 1 saturated heterocycles. The van der Waals surface area contributed by atoms with Gasteiger partial charge in [-0.25, -0.2) is 9.97 Å². The third-order valence-corrected chi connectivity index (χ3v) is 5.54. The van der Waals surface area contributed by atoms with E-state index in [1.165, 1.54) is 5.56 Å². The van der Waals surface area contributed by atoms with Gasteiger partial charge in [0.05, 0.1) is 12.0 Å². The van der Waals surface area contributed by atoms with Gasteiger partial charge >= 0.3 is 0 Å². The number of fused-ring (bicyclic) bond motifs is 1. The maximum Gasteiger partial charge on any atom is 0.170 e. The van der Waals surface area contributed by atoms with Gasteiger partial charge in [0.2, 0.25) is 0 Å². The zero-order valence-electron chi connectivity index (χ0n) is 15.5. The lowest BCUT2D eigenvalue weighted by Gasteiger charge is -2.37. The molecular formula is C21H25N3O2. The molecule has 1 atom stereocenters. The van der Waals surface area contributed by atoms with E-state index in [0.717, 1.165) is 61.7 Å². The monoisotopic (exact) mass is 351 g/mol. The van der Waals surface area contributed by atoms with Gasteiger partial charge in [0, 0.05) is 31.3 Å². The van der Waals surface area contributed by atoms with Gasteiger partial charge in [0.25, 0.3) is 0 Å². The summed E-state index contributed by atoms with van der Waals surface area (Å²) in [7, 11) is 0. The quantitative estimate of drug-likeness (QED) is 0.825. The van der Waals surface area contributed by atoms with Crippen molar-refractivity contribution in [2.75, 3.05) is 18.0 Å². The molecule has 2 aromatic rings. The van der Waals surface area contributed by atoms with Crippen LogP contribution in [0.1, 0.15) is 54.4 Å². The SMILES string of the molecule is CCc1cnc(C)nc1N1CCCC2(CC1)CC(=O)c1ccccc1O2. The Hall–Kier alpha value is -2.43. The largest absolute Gasteiger partial charge is 0.486 e. The van der Waals surface area contributed by atoms with Gasteiger partial charge in [0.15, 0.2) is 5.78 Å². The van der Waals surface area contributed by atoms with Crippen molar-refractivity contribution >= 4 is 11.6 Å². The smallest absolute Gasteiger partial charge is 0.170 e. The zero-order chi connectivity index (χ0) is 18.1. The number of Topliss-reactive ketones (excluding diaryl/α,β-unsaturated/α-hetero) is 1. The number of nitrogens with zero attached hydrogens (tertiary/aromatic N) is 3. The number of ether oxygens (including phenoxy) is 1. The second-order valence-electron chi connectivity index (χ2n) is 7.34. The maximum absolute atomic E-state index is 12.7. The number of rotatable bonds is 2. The predicted molar refractivity (Wildman–Crippen MR) is 101 cm³/mol. The highest BCUT2D eigenvalue weighted by Crippen LogP contribution is 2.39. The van der Waals surface area contributed by atoms with Gasteiger partial charge in [-0.3, -0.25) is 4.79 Å². The van der Waals surface area contributed by atoms with Crippen molar-refractivity contribution in [1.29, 1.82) is 0 Å². The Morgan fingerprint density at radius 3 is 2.92 bits per heavy atom. The van der Waals surface area contributed by atoms with Crippen LogP contribution in [0.15, 0.2) is 30.5 Å². The van der Waals surface area contributed by atoms with Crippen LogP contribution in [0, 0.1) is 6.92 Å². The van der Waals surface area contributed by atoms with Gasteiger partial charge in [-0.15, -0.1) is 0 Å². The molecule has 2 aliphatic rings. The molecule has 0 amide bonds. The molecule has 1 aromatic carbocycles. The predicted octanol–water partition coefficient (Wildman–Crippen LogP) is 3.74. The van der Waals surface area contributed by atoms with Crippen LogP contribution in [-0.2, 0) is 6.42 Å². The van der Waals surface area contributed by atoms with Crippen LogP contribution in [0.4, 0.5) is 5.82 Å². The number of aromatic nitrogens is 2. The maximum atomic E-state index is 12.7. The number of benzene rings is 1. The minimum absolute atomic E-state index is 0.201. The van der Waals surface area contributed by atoms with Crippen LogP contribution >= 0.6 is 0 Å². The van der Waals surface area contributed by atoms with Crippen molar-refractivity contribution in [3.8, 4) is 5.75 Å². The Balaban J connectivity index is 1.58. The van der Waals surface area contributed by atoms with E-state index < -0.39 is 0 Å². The summed E-state index contributed by atoms with van der Waals surface area (Å²) in [6.07, 6.45) is 6.05. The van der Waals surface area contributed by atoms with E-state index in [-0.39, 0.29) is 11.4 Å². The molecule has 2 aliphatic heterocycles. The van der Waals surface area contributed by atoms with Crippen molar-refractivity contribution in [1.82, 2.24) is 9.97 Å². The summed E-state index contributed by atoms with van der Waals surface area (Å²) in [5.74, 6) is 2.78. The summed E-state index contributed by atoms with van der Waals surface area (Å²) >= 11 is 0. The lowest BCUT2D eigenvalue weighted by molar-refractivity contribution is 0.0323. The molecule has 5 nitrogen and oxygen atoms in total. The van der Waals surface area contributed by atoms with Crippen molar-refractivity contribution in [2.45, 2.75) is 51.6 Å². The summed E-state index contributed by atoms with van der Waals surface area (Å²) in [5.41, 5.74) is 1.52. The number of para-hydroxylation sites is 1. The molecule has 0 bridgehead atoms. The molecule has 0 N–H and O–H groups in total. The molecule has 136 valence electrons. The van der Waals surface area contributed by atoms with Crippen LogP contribution < -0.4 is 9.64 Å². The van der Waals surface area contributed by atoms with Crippen LogP contribution in [0.2, 0.25) is 0 Å². The lowest BCUT2D eigenvalue weighted by Crippen LogP contribution is -2.43. The Morgan fingerprint density at radius 1 is 1.23 bits per heavy atom. The highest BCUT2D eigenvalue weighted by atomic mass is 16.5. The Labute approximate surface area is 154 Å². The van der Waals surface area contributed by atoms with Crippen molar-refractivity contribution in [2.24, 2.45) is 0 Å². The molecule has 1 unspecified atom stereocenters. The number of hydrogen-bond donors (Lipinski definition) is 0. The molecule has 1 aromatic heterocycles. The second kappa shape index (κ2) is 6.71. The van der Waals surface area contributed by atoms with E-state index in [9.17, 15) is 4.79 Å². The Bertz CT molecular complexity index is 836. The third kappa shape index (κ3) is 3.06. The summed E-state index contributed by atoms with van der Waals surface area (Å²) in [4.78, 5) is 24.0. The first-order valence-corrected chi connectivity index (χ1v) is 9.49. The van der Waals surface area contributed by atoms with E-state index in [0.29, 0.717) is 6.42 Å². The molecule has 1 spiro atoms. The van der Waals surface area contributed by atoms with Crippen molar-refractivity contribution < 1.29 is 9.53 Å². The first-order valence-electron chi connectivity index (χ1n) is 9.49. The third-order valence-electron chi connectivity index (χ3n) is 5.54.